The molecule has 1 aliphatic rings. The monoisotopic (exact) mass is 406 g/mol. The third kappa shape index (κ3) is 3.26. The first-order valence-electron chi connectivity index (χ1n) is 9.92. The van der Waals surface area contributed by atoms with Crippen LogP contribution in [0.25, 0.3) is 16.7 Å². The highest BCUT2D eigenvalue weighted by atomic mass is 19.1. The molecule has 1 N–H and O–H groups in total. The topological polar surface area (TPSA) is 54.2 Å². The van der Waals surface area contributed by atoms with Gasteiger partial charge in [-0.15, -0.1) is 5.10 Å². The van der Waals surface area contributed by atoms with Crippen molar-refractivity contribution in [3.63, 3.8) is 0 Å². The number of fused-ring (bicyclic) bond motifs is 1. The Morgan fingerprint density at radius 3 is 2.50 bits per heavy atom. The fraction of sp³-hybridized carbons (Fsp3) is 0.217. The molecule has 1 saturated heterocycles. The summed E-state index contributed by atoms with van der Waals surface area (Å²) >= 11 is 0. The fourth-order valence-electron chi connectivity index (χ4n) is 4.17. The second-order valence-electron chi connectivity index (χ2n) is 7.70. The van der Waals surface area contributed by atoms with Gasteiger partial charge in [0, 0.05) is 24.8 Å². The van der Waals surface area contributed by atoms with E-state index < -0.39 is 17.4 Å². The SMILES string of the molecule is Oc1c(F)cc2nnn(-c3ccc(N4CC[C@@H](Cc5ccccc5)C4)cc3)c2c1F. The van der Waals surface area contributed by atoms with Gasteiger partial charge in [-0.05, 0) is 48.6 Å². The van der Waals surface area contributed by atoms with Crippen LogP contribution >= 0.6 is 0 Å². The summed E-state index contributed by atoms with van der Waals surface area (Å²) in [6, 6.07) is 19.1. The number of rotatable bonds is 4. The number of anilines is 1. The Hall–Kier alpha value is -3.48. The molecule has 30 heavy (non-hydrogen) atoms. The summed E-state index contributed by atoms with van der Waals surface area (Å²) in [7, 11) is 0. The van der Waals surface area contributed by atoms with E-state index in [1.807, 2.05) is 30.3 Å². The molecule has 5 nitrogen and oxygen atoms in total. The lowest BCUT2D eigenvalue weighted by Gasteiger charge is -2.19. The molecule has 0 unspecified atom stereocenters. The van der Waals surface area contributed by atoms with Crippen LogP contribution in [0.5, 0.6) is 5.75 Å². The maximum absolute atomic E-state index is 14.4. The molecule has 0 saturated carbocycles. The van der Waals surface area contributed by atoms with Crippen LogP contribution in [-0.4, -0.2) is 33.2 Å². The Bertz CT molecular complexity index is 1190. The first-order chi connectivity index (χ1) is 14.6. The largest absolute Gasteiger partial charge is 0.503 e. The maximum Gasteiger partial charge on any atom is 0.195 e. The van der Waals surface area contributed by atoms with Crippen molar-refractivity contribution in [3.05, 3.63) is 77.9 Å². The number of hydrogen-bond acceptors (Lipinski definition) is 4. The molecule has 3 aromatic carbocycles. The smallest absolute Gasteiger partial charge is 0.195 e. The Balaban J connectivity index is 1.35. The van der Waals surface area contributed by atoms with Crippen LogP contribution in [0, 0.1) is 17.6 Å². The molecule has 0 aliphatic carbocycles. The molecule has 1 fully saturated rings. The van der Waals surface area contributed by atoms with Gasteiger partial charge in [-0.2, -0.15) is 0 Å². The normalized spacial score (nSPS) is 16.5. The van der Waals surface area contributed by atoms with E-state index in [4.69, 9.17) is 0 Å². The van der Waals surface area contributed by atoms with E-state index in [-0.39, 0.29) is 11.0 Å². The summed E-state index contributed by atoms with van der Waals surface area (Å²) in [6.07, 6.45) is 2.21. The van der Waals surface area contributed by atoms with Crippen LogP contribution in [0.4, 0.5) is 14.5 Å². The molecule has 7 heteroatoms. The van der Waals surface area contributed by atoms with Crippen LogP contribution in [0.3, 0.4) is 0 Å². The summed E-state index contributed by atoms with van der Waals surface area (Å²) in [6.45, 7) is 1.98. The van der Waals surface area contributed by atoms with Crippen LogP contribution in [-0.2, 0) is 6.42 Å². The molecule has 1 aliphatic heterocycles. The average molecular weight is 406 g/mol. The van der Waals surface area contributed by atoms with Crippen molar-refractivity contribution in [2.45, 2.75) is 12.8 Å². The summed E-state index contributed by atoms with van der Waals surface area (Å²) in [5, 5.41) is 17.3. The van der Waals surface area contributed by atoms with Crippen LogP contribution < -0.4 is 4.90 Å². The van der Waals surface area contributed by atoms with Crippen molar-refractivity contribution in [1.82, 2.24) is 15.0 Å². The summed E-state index contributed by atoms with van der Waals surface area (Å²) in [5.74, 6) is -2.54. The van der Waals surface area contributed by atoms with Gasteiger partial charge < -0.3 is 10.0 Å². The number of halogens is 2. The van der Waals surface area contributed by atoms with Crippen LogP contribution in [0.2, 0.25) is 0 Å². The zero-order chi connectivity index (χ0) is 20.7. The quantitative estimate of drug-likeness (QED) is 0.543. The first kappa shape index (κ1) is 18.5. The van der Waals surface area contributed by atoms with E-state index in [2.05, 4.69) is 39.5 Å². The zero-order valence-electron chi connectivity index (χ0n) is 16.2. The van der Waals surface area contributed by atoms with Crippen LogP contribution in [0.1, 0.15) is 12.0 Å². The Morgan fingerprint density at radius 2 is 1.73 bits per heavy atom. The van der Waals surface area contributed by atoms with Crippen LogP contribution in [0.15, 0.2) is 60.7 Å². The third-order valence-electron chi connectivity index (χ3n) is 5.71. The molecule has 0 amide bonds. The number of aromatic nitrogens is 3. The van der Waals surface area contributed by atoms with E-state index in [9.17, 15) is 13.9 Å². The minimum absolute atomic E-state index is 0.0502. The summed E-state index contributed by atoms with van der Waals surface area (Å²) in [5.41, 5.74) is 3.04. The zero-order valence-corrected chi connectivity index (χ0v) is 16.2. The molecule has 4 aromatic rings. The molecule has 152 valence electrons. The van der Waals surface area contributed by atoms with E-state index >= 15 is 0 Å². The van der Waals surface area contributed by atoms with Crippen molar-refractivity contribution < 1.29 is 13.9 Å². The van der Waals surface area contributed by atoms with Crippen molar-refractivity contribution in [2.75, 3.05) is 18.0 Å². The molecular weight excluding hydrogens is 386 g/mol. The predicted octanol–water partition coefficient (Wildman–Crippen LogP) is 4.47. The summed E-state index contributed by atoms with van der Waals surface area (Å²) < 4.78 is 29.2. The van der Waals surface area contributed by atoms with Gasteiger partial charge in [-0.3, -0.25) is 0 Å². The van der Waals surface area contributed by atoms with E-state index in [1.54, 1.807) is 0 Å². The lowest BCUT2D eigenvalue weighted by Crippen LogP contribution is -2.20. The minimum atomic E-state index is -1.07. The Morgan fingerprint density at radius 1 is 1.00 bits per heavy atom. The molecule has 2 heterocycles. The highest BCUT2D eigenvalue weighted by Gasteiger charge is 2.23. The maximum atomic E-state index is 14.4. The van der Waals surface area contributed by atoms with Crippen molar-refractivity contribution in [3.8, 4) is 11.4 Å². The fourth-order valence-corrected chi connectivity index (χ4v) is 4.17. The molecule has 1 atom stereocenters. The summed E-state index contributed by atoms with van der Waals surface area (Å²) in [4.78, 5) is 2.35. The first-order valence-corrected chi connectivity index (χ1v) is 9.92. The molecule has 0 spiro atoms. The number of phenolic OH excluding ortho intramolecular Hbond substituents is 1. The number of aromatic hydroxyl groups is 1. The van der Waals surface area contributed by atoms with Gasteiger partial charge in [0.1, 0.15) is 11.0 Å². The van der Waals surface area contributed by atoms with Crippen molar-refractivity contribution >= 4 is 16.7 Å². The lowest BCUT2D eigenvalue weighted by molar-refractivity contribution is 0.399. The molecule has 0 bridgehead atoms. The van der Waals surface area contributed by atoms with Gasteiger partial charge in [0.05, 0.1) is 5.69 Å². The molecule has 1 aromatic heterocycles. The Kier molecular flexibility index (Phi) is 4.58. The number of nitrogens with zero attached hydrogens (tertiary/aromatic N) is 4. The second-order valence-corrected chi connectivity index (χ2v) is 7.70. The van der Waals surface area contributed by atoms with Crippen molar-refractivity contribution in [1.29, 1.82) is 0 Å². The molecule has 0 radical (unpaired) electrons. The molecule has 5 rings (SSSR count). The van der Waals surface area contributed by atoms with Gasteiger partial charge >= 0.3 is 0 Å². The highest BCUT2D eigenvalue weighted by Crippen LogP contribution is 2.30. The number of phenols is 1. The minimum Gasteiger partial charge on any atom is -0.503 e. The van der Waals surface area contributed by atoms with Gasteiger partial charge in [0.25, 0.3) is 0 Å². The highest BCUT2D eigenvalue weighted by molar-refractivity contribution is 5.79. The van der Waals surface area contributed by atoms with E-state index in [0.717, 1.165) is 37.7 Å². The predicted molar refractivity (Wildman–Crippen MR) is 111 cm³/mol. The number of benzene rings is 3. The van der Waals surface area contributed by atoms with Gasteiger partial charge in [-0.25, -0.2) is 13.5 Å². The average Bonchev–Trinajstić information content (AvgIpc) is 3.40. The van der Waals surface area contributed by atoms with E-state index in [0.29, 0.717) is 11.6 Å². The van der Waals surface area contributed by atoms with E-state index in [1.165, 1.54) is 10.2 Å². The molecular formula is C23H20F2N4O. The lowest BCUT2D eigenvalue weighted by atomic mass is 9.99. The van der Waals surface area contributed by atoms with Gasteiger partial charge in [0.2, 0.25) is 0 Å². The standard InChI is InChI=1S/C23H20F2N4O/c24-19-13-20-22(21(25)23(19)30)29(27-26-20)18-8-6-17(7-9-18)28-11-10-16(14-28)12-15-4-2-1-3-5-15/h1-9,13,16,30H,10-12,14H2/t16-/m0/s1. The van der Waals surface area contributed by atoms with Gasteiger partial charge in [0.15, 0.2) is 17.4 Å². The number of hydrogen-bond donors (Lipinski definition) is 1. The van der Waals surface area contributed by atoms with Gasteiger partial charge in [-0.1, -0.05) is 35.5 Å². The third-order valence-corrected chi connectivity index (χ3v) is 5.71. The second kappa shape index (κ2) is 7.40. The Labute approximate surface area is 172 Å². The van der Waals surface area contributed by atoms with Crippen molar-refractivity contribution in [2.24, 2.45) is 5.92 Å².